The van der Waals surface area contributed by atoms with Gasteiger partial charge in [0.2, 0.25) is 0 Å². The summed E-state index contributed by atoms with van der Waals surface area (Å²) in [5.74, 6) is 0.938. The number of rotatable bonds is 6. The van der Waals surface area contributed by atoms with Crippen LogP contribution in [0.3, 0.4) is 0 Å². The molecule has 0 unspecified atom stereocenters. The Morgan fingerprint density at radius 3 is 2.38 bits per heavy atom. The first-order valence-corrected chi connectivity index (χ1v) is 7.30. The molecule has 21 heavy (non-hydrogen) atoms. The zero-order chi connectivity index (χ0) is 14.3. The van der Waals surface area contributed by atoms with E-state index in [9.17, 15) is 0 Å². The van der Waals surface area contributed by atoms with Crippen molar-refractivity contribution in [3.8, 4) is 0 Å². The highest BCUT2D eigenvalue weighted by Crippen LogP contribution is 2.14. The molecular formula is C18H19N3. The van der Waals surface area contributed by atoms with Crippen LogP contribution in [0.5, 0.6) is 0 Å². The molecule has 0 spiro atoms. The minimum absolute atomic E-state index is 0.908. The molecule has 3 rings (SSSR count). The standard InChI is InChI=1S/C18H19N3/c1-2-8-16(9-3-1)19-13-6-14-20-18-12-11-15-7-4-5-10-17(15)21-18/h1-5,7-12,19H,6,13-14H2,(H,20,21). The third-order valence-electron chi connectivity index (χ3n) is 3.36. The fraction of sp³-hybridized carbons (Fsp3) is 0.167. The Morgan fingerprint density at radius 1 is 0.714 bits per heavy atom. The van der Waals surface area contributed by atoms with Crippen LogP contribution in [0, 0.1) is 0 Å². The molecule has 2 aromatic carbocycles. The van der Waals surface area contributed by atoms with Crippen molar-refractivity contribution in [2.75, 3.05) is 23.7 Å². The van der Waals surface area contributed by atoms with Gasteiger partial charge in [-0.15, -0.1) is 0 Å². The summed E-state index contributed by atoms with van der Waals surface area (Å²) >= 11 is 0. The van der Waals surface area contributed by atoms with Crippen LogP contribution in [0.15, 0.2) is 66.7 Å². The third kappa shape index (κ3) is 3.72. The van der Waals surface area contributed by atoms with Crippen molar-refractivity contribution in [2.24, 2.45) is 0 Å². The summed E-state index contributed by atoms with van der Waals surface area (Å²) in [7, 11) is 0. The molecule has 0 aliphatic carbocycles. The summed E-state index contributed by atoms with van der Waals surface area (Å²) in [6.07, 6.45) is 1.05. The second-order valence-corrected chi connectivity index (χ2v) is 4.96. The maximum absolute atomic E-state index is 4.60. The predicted octanol–water partition coefficient (Wildman–Crippen LogP) is 4.15. The van der Waals surface area contributed by atoms with Gasteiger partial charge in [-0.25, -0.2) is 4.98 Å². The van der Waals surface area contributed by atoms with Crippen LogP contribution in [-0.2, 0) is 0 Å². The van der Waals surface area contributed by atoms with Crippen molar-refractivity contribution in [2.45, 2.75) is 6.42 Å². The molecular weight excluding hydrogens is 258 g/mol. The van der Waals surface area contributed by atoms with E-state index < -0.39 is 0 Å². The van der Waals surface area contributed by atoms with Gasteiger partial charge in [0.05, 0.1) is 5.52 Å². The van der Waals surface area contributed by atoms with E-state index in [0.717, 1.165) is 30.8 Å². The van der Waals surface area contributed by atoms with Crippen molar-refractivity contribution in [1.82, 2.24) is 4.98 Å². The van der Waals surface area contributed by atoms with Gasteiger partial charge >= 0.3 is 0 Å². The number of para-hydroxylation sites is 2. The number of hydrogen-bond acceptors (Lipinski definition) is 3. The molecule has 3 aromatic rings. The molecule has 0 bridgehead atoms. The molecule has 0 atom stereocenters. The van der Waals surface area contributed by atoms with Crippen LogP contribution in [0.1, 0.15) is 6.42 Å². The lowest BCUT2D eigenvalue weighted by Gasteiger charge is -2.08. The lowest BCUT2D eigenvalue weighted by molar-refractivity contribution is 0.905. The van der Waals surface area contributed by atoms with Gasteiger partial charge in [-0.2, -0.15) is 0 Å². The molecule has 3 nitrogen and oxygen atoms in total. The Hall–Kier alpha value is -2.55. The topological polar surface area (TPSA) is 37.0 Å². The van der Waals surface area contributed by atoms with Crippen molar-refractivity contribution in [1.29, 1.82) is 0 Å². The van der Waals surface area contributed by atoms with Crippen molar-refractivity contribution < 1.29 is 0 Å². The van der Waals surface area contributed by atoms with Crippen LogP contribution < -0.4 is 10.6 Å². The van der Waals surface area contributed by atoms with Gasteiger partial charge < -0.3 is 10.6 Å². The van der Waals surface area contributed by atoms with Crippen LogP contribution in [0.25, 0.3) is 10.9 Å². The molecule has 0 aliphatic rings. The zero-order valence-electron chi connectivity index (χ0n) is 11.9. The Morgan fingerprint density at radius 2 is 1.48 bits per heavy atom. The molecule has 0 aliphatic heterocycles. The first kappa shape index (κ1) is 13.4. The molecule has 3 heteroatoms. The fourth-order valence-electron chi connectivity index (χ4n) is 2.26. The Kier molecular flexibility index (Phi) is 4.32. The average Bonchev–Trinajstić information content (AvgIpc) is 2.55. The SMILES string of the molecule is c1ccc(NCCCNc2ccc3ccccc3n2)cc1. The first-order chi connectivity index (χ1) is 10.4. The normalized spacial score (nSPS) is 10.5. The molecule has 0 radical (unpaired) electrons. The number of hydrogen-bond donors (Lipinski definition) is 2. The number of nitrogens with one attached hydrogen (secondary N) is 2. The Bertz CT molecular complexity index is 695. The highest BCUT2D eigenvalue weighted by molar-refractivity contribution is 5.80. The molecule has 1 heterocycles. The van der Waals surface area contributed by atoms with E-state index >= 15 is 0 Å². The van der Waals surface area contributed by atoms with Gasteiger partial charge in [0.25, 0.3) is 0 Å². The van der Waals surface area contributed by atoms with E-state index in [1.54, 1.807) is 0 Å². The second-order valence-electron chi connectivity index (χ2n) is 4.96. The van der Waals surface area contributed by atoms with Gasteiger partial charge in [0.1, 0.15) is 5.82 Å². The van der Waals surface area contributed by atoms with E-state index in [2.05, 4.69) is 39.9 Å². The molecule has 2 N–H and O–H groups in total. The second kappa shape index (κ2) is 6.75. The van der Waals surface area contributed by atoms with E-state index in [0.29, 0.717) is 0 Å². The smallest absolute Gasteiger partial charge is 0.126 e. The first-order valence-electron chi connectivity index (χ1n) is 7.30. The molecule has 0 saturated carbocycles. The van der Waals surface area contributed by atoms with Gasteiger partial charge in [0, 0.05) is 24.2 Å². The largest absolute Gasteiger partial charge is 0.385 e. The zero-order valence-corrected chi connectivity index (χ0v) is 11.9. The summed E-state index contributed by atoms with van der Waals surface area (Å²) in [5, 5.41) is 7.95. The fourth-order valence-corrected chi connectivity index (χ4v) is 2.26. The van der Waals surface area contributed by atoms with Crippen LogP contribution in [-0.4, -0.2) is 18.1 Å². The van der Waals surface area contributed by atoms with Gasteiger partial charge in [-0.1, -0.05) is 36.4 Å². The van der Waals surface area contributed by atoms with Crippen LogP contribution in [0.4, 0.5) is 11.5 Å². The number of benzene rings is 2. The molecule has 0 fully saturated rings. The summed E-state index contributed by atoms with van der Waals surface area (Å²) in [5.41, 5.74) is 2.20. The number of pyridine rings is 1. The van der Waals surface area contributed by atoms with Crippen LogP contribution in [0.2, 0.25) is 0 Å². The average molecular weight is 277 g/mol. The van der Waals surface area contributed by atoms with Gasteiger partial charge in [0.15, 0.2) is 0 Å². The van der Waals surface area contributed by atoms with E-state index in [4.69, 9.17) is 0 Å². The van der Waals surface area contributed by atoms with E-state index in [1.807, 2.05) is 42.5 Å². The number of anilines is 2. The molecule has 0 saturated heterocycles. The minimum Gasteiger partial charge on any atom is -0.385 e. The van der Waals surface area contributed by atoms with Crippen molar-refractivity contribution >= 4 is 22.4 Å². The Labute approximate surface area is 125 Å². The maximum Gasteiger partial charge on any atom is 0.126 e. The monoisotopic (exact) mass is 277 g/mol. The molecule has 0 amide bonds. The van der Waals surface area contributed by atoms with Crippen molar-refractivity contribution in [3.63, 3.8) is 0 Å². The van der Waals surface area contributed by atoms with E-state index in [-0.39, 0.29) is 0 Å². The predicted molar refractivity (Wildman–Crippen MR) is 89.8 cm³/mol. The van der Waals surface area contributed by atoms with Crippen LogP contribution >= 0.6 is 0 Å². The number of aromatic nitrogens is 1. The quantitative estimate of drug-likeness (QED) is 0.665. The lowest BCUT2D eigenvalue weighted by Crippen LogP contribution is -2.09. The van der Waals surface area contributed by atoms with Crippen molar-refractivity contribution in [3.05, 3.63) is 66.7 Å². The molecule has 1 aromatic heterocycles. The summed E-state index contributed by atoms with van der Waals surface area (Å²) in [6.45, 7) is 1.86. The minimum atomic E-state index is 0.908. The van der Waals surface area contributed by atoms with Gasteiger partial charge in [-0.3, -0.25) is 0 Å². The number of fused-ring (bicyclic) bond motifs is 1. The van der Waals surface area contributed by atoms with E-state index in [1.165, 1.54) is 11.1 Å². The number of nitrogens with zero attached hydrogens (tertiary/aromatic N) is 1. The third-order valence-corrected chi connectivity index (χ3v) is 3.36. The molecule has 106 valence electrons. The Balaban J connectivity index is 1.46. The van der Waals surface area contributed by atoms with Gasteiger partial charge in [-0.05, 0) is 36.8 Å². The lowest BCUT2D eigenvalue weighted by atomic mass is 10.2. The summed E-state index contributed by atoms with van der Waals surface area (Å²) in [4.78, 5) is 4.60. The maximum atomic E-state index is 4.60. The highest BCUT2D eigenvalue weighted by atomic mass is 15.0. The summed E-state index contributed by atoms with van der Waals surface area (Å²) < 4.78 is 0. The summed E-state index contributed by atoms with van der Waals surface area (Å²) in [6, 6.07) is 22.6. The highest BCUT2D eigenvalue weighted by Gasteiger charge is 1.97.